The molecule has 0 unspecified atom stereocenters. The van der Waals surface area contributed by atoms with E-state index >= 15 is 13.2 Å². The van der Waals surface area contributed by atoms with E-state index in [0.717, 1.165) is 22.9 Å². The standard InChI is InChI=1S/C40H42F3N5O4S2/c1-23(37(49)52-7)18-24-10-8-11-25(19-24)40(4)16-9-15-39(2,3)22-54(50,51)17-14-27-31-30(44-5)21-45-34(31)32(42)33(43)35(27)53-26-12-13-29(41)28(20-26)36-46-38(40)47-48(36)6/h8,10-13,19-21,23,45H,9,14-18,22H2,1-4,6-7H3/t23-,40-/m1/s1. The van der Waals surface area contributed by atoms with Gasteiger partial charge in [0, 0.05) is 23.5 Å². The van der Waals surface area contributed by atoms with Crippen LogP contribution in [0.2, 0.25) is 0 Å². The van der Waals surface area contributed by atoms with Crippen molar-refractivity contribution in [2.45, 2.75) is 75.0 Å². The number of hydrogen-bond donors (Lipinski definition) is 1. The molecule has 5 aromatic rings. The fraction of sp³-hybridized carbons (Fsp3) is 0.400. The molecular formula is C40H42F3N5O4S2. The number of halogens is 3. The summed E-state index contributed by atoms with van der Waals surface area (Å²) in [4.78, 5) is 23.5. The van der Waals surface area contributed by atoms with Crippen molar-refractivity contribution in [3.05, 3.63) is 100 Å². The van der Waals surface area contributed by atoms with Crippen LogP contribution < -0.4 is 0 Å². The van der Waals surface area contributed by atoms with Gasteiger partial charge in [0.15, 0.2) is 33.1 Å². The van der Waals surface area contributed by atoms with Crippen molar-refractivity contribution in [1.29, 1.82) is 0 Å². The molecule has 14 heteroatoms. The van der Waals surface area contributed by atoms with E-state index in [4.69, 9.17) is 21.4 Å². The highest BCUT2D eigenvalue weighted by atomic mass is 32.2. The second kappa shape index (κ2) is 14.9. The quantitative estimate of drug-likeness (QED) is 0.143. The molecule has 54 heavy (non-hydrogen) atoms. The molecular weight excluding hydrogens is 736 g/mol. The zero-order valence-electron chi connectivity index (χ0n) is 31.0. The first-order valence-electron chi connectivity index (χ1n) is 17.6. The number of sulfone groups is 1. The van der Waals surface area contributed by atoms with Gasteiger partial charge >= 0.3 is 5.97 Å². The SMILES string of the molecule is [C-]#[N+]c1c[nH]c2c(F)c(F)c3c(c12)CCS(=O)(=O)CC(C)(C)CCC[C@](C)(c1cccc(C[C@@H](C)C(=O)OC)c1)c1nc(n(C)n1)-c1cc(ccc1F)S3. The Balaban J connectivity index is 1.52. The Kier molecular flexibility index (Phi) is 10.8. The van der Waals surface area contributed by atoms with Crippen molar-refractivity contribution in [2.75, 3.05) is 18.6 Å². The van der Waals surface area contributed by atoms with Gasteiger partial charge < -0.3 is 9.72 Å². The third-order valence-corrected chi connectivity index (χ3v) is 13.5. The zero-order chi connectivity index (χ0) is 39.2. The average molecular weight is 778 g/mol. The van der Waals surface area contributed by atoms with E-state index < -0.39 is 38.1 Å². The molecule has 3 heterocycles. The molecule has 2 atom stereocenters. The smallest absolute Gasteiger partial charge is 0.308 e. The highest BCUT2D eigenvalue weighted by molar-refractivity contribution is 7.99. The van der Waals surface area contributed by atoms with Gasteiger partial charge in [-0.3, -0.25) is 4.79 Å². The van der Waals surface area contributed by atoms with E-state index in [1.807, 2.05) is 45.0 Å². The van der Waals surface area contributed by atoms with Gasteiger partial charge in [0.1, 0.15) is 5.82 Å². The molecule has 4 bridgehead atoms. The first-order chi connectivity index (χ1) is 25.5. The van der Waals surface area contributed by atoms with Crippen LogP contribution in [0.3, 0.4) is 0 Å². The maximum Gasteiger partial charge on any atom is 0.308 e. The highest BCUT2D eigenvalue weighted by Gasteiger charge is 2.36. The molecule has 0 saturated carbocycles. The van der Waals surface area contributed by atoms with E-state index in [9.17, 15) is 13.2 Å². The molecule has 6 rings (SSSR count). The van der Waals surface area contributed by atoms with Gasteiger partial charge in [-0.1, -0.05) is 63.2 Å². The maximum atomic E-state index is 16.0. The van der Waals surface area contributed by atoms with E-state index in [1.165, 1.54) is 36.2 Å². The van der Waals surface area contributed by atoms with E-state index in [1.54, 1.807) is 14.0 Å². The van der Waals surface area contributed by atoms with E-state index in [0.29, 0.717) is 36.4 Å². The molecule has 0 radical (unpaired) electrons. The Labute approximate surface area is 317 Å². The van der Waals surface area contributed by atoms with E-state index in [2.05, 4.69) is 9.83 Å². The van der Waals surface area contributed by atoms with Crippen LogP contribution in [0.15, 0.2) is 58.5 Å². The maximum absolute atomic E-state index is 16.0. The van der Waals surface area contributed by atoms with Crippen molar-refractivity contribution in [3.8, 4) is 11.4 Å². The predicted molar refractivity (Wildman–Crippen MR) is 203 cm³/mol. The lowest BCUT2D eigenvalue weighted by Crippen LogP contribution is -2.29. The summed E-state index contributed by atoms with van der Waals surface area (Å²) in [6.07, 6.45) is 3.19. The summed E-state index contributed by atoms with van der Waals surface area (Å²) in [6, 6.07) is 12.0. The molecule has 0 aliphatic carbocycles. The van der Waals surface area contributed by atoms with Gasteiger partial charge in [-0.05, 0) is 72.9 Å². The van der Waals surface area contributed by atoms with Gasteiger partial charge in [-0.2, -0.15) is 5.10 Å². The number of nitrogens with zero attached hydrogens (tertiary/aromatic N) is 4. The molecule has 0 saturated heterocycles. The molecule has 284 valence electrons. The topological polar surface area (TPSA) is 111 Å². The Morgan fingerprint density at radius 1 is 1.13 bits per heavy atom. The summed E-state index contributed by atoms with van der Waals surface area (Å²) in [5, 5.41) is 4.94. The summed E-state index contributed by atoms with van der Waals surface area (Å²) < 4.78 is 81.3. The third-order valence-electron chi connectivity index (χ3n) is 10.3. The van der Waals surface area contributed by atoms with Gasteiger partial charge in [0.2, 0.25) is 5.69 Å². The zero-order valence-corrected chi connectivity index (χ0v) is 32.7. The molecule has 1 aliphatic heterocycles. The molecule has 2 aromatic heterocycles. The number of esters is 1. The summed E-state index contributed by atoms with van der Waals surface area (Å²) in [7, 11) is -0.722. The molecule has 1 aliphatic rings. The number of carbonyl (C=O) groups excluding carboxylic acids is 1. The lowest BCUT2D eigenvalue weighted by Gasteiger charge is -2.31. The summed E-state index contributed by atoms with van der Waals surface area (Å²) in [6.45, 7) is 15.3. The lowest BCUT2D eigenvalue weighted by atomic mass is 9.75. The molecule has 0 amide bonds. The number of aryl methyl sites for hydroxylation is 2. The third kappa shape index (κ3) is 7.66. The van der Waals surface area contributed by atoms with Crippen LogP contribution in [-0.4, -0.2) is 52.8 Å². The van der Waals surface area contributed by atoms with Gasteiger partial charge in [0.25, 0.3) is 0 Å². The van der Waals surface area contributed by atoms with E-state index in [-0.39, 0.29) is 68.3 Å². The first kappa shape index (κ1) is 39.1. The number of methoxy groups -OCH3 is 1. The Hall–Kier alpha value is -4.61. The molecule has 3 aromatic carbocycles. The number of carbonyl (C=O) groups is 1. The number of aromatic nitrogens is 4. The second-order valence-corrected chi connectivity index (χ2v) is 18.4. The van der Waals surface area contributed by atoms with Gasteiger partial charge in [-0.25, -0.2) is 36.1 Å². The van der Waals surface area contributed by atoms with Crippen LogP contribution in [0.4, 0.5) is 18.9 Å². The minimum absolute atomic E-state index is 0.0404. The monoisotopic (exact) mass is 777 g/mol. The van der Waals surface area contributed by atoms with Crippen molar-refractivity contribution in [2.24, 2.45) is 18.4 Å². The van der Waals surface area contributed by atoms with Gasteiger partial charge in [0.05, 0.1) is 52.5 Å². The van der Waals surface area contributed by atoms with Crippen molar-refractivity contribution < 1.29 is 31.1 Å². The normalized spacial score (nSPS) is 19.3. The Morgan fingerprint density at radius 3 is 2.61 bits per heavy atom. The number of fused-ring (bicyclic) bond motifs is 8. The molecule has 9 nitrogen and oxygen atoms in total. The average Bonchev–Trinajstić information content (AvgIpc) is 3.73. The van der Waals surface area contributed by atoms with Crippen LogP contribution in [0.1, 0.15) is 69.5 Å². The predicted octanol–water partition coefficient (Wildman–Crippen LogP) is 8.91. The number of rotatable bonds is 4. The number of aromatic amines is 1. The number of nitrogens with one attached hydrogen (secondary N) is 1. The fourth-order valence-electron chi connectivity index (χ4n) is 7.47. The van der Waals surface area contributed by atoms with Crippen LogP contribution in [0.25, 0.3) is 27.1 Å². The summed E-state index contributed by atoms with van der Waals surface area (Å²) >= 11 is 0.831. The van der Waals surface area contributed by atoms with Crippen LogP contribution >= 0.6 is 11.8 Å². The minimum Gasteiger partial charge on any atom is -0.469 e. The summed E-state index contributed by atoms with van der Waals surface area (Å²) in [5.74, 6) is -3.55. The largest absolute Gasteiger partial charge is 0.469 e. The Bertz CT molecular complexity index is 2420. The number of hydrogen-bond acceptors (Lipinski definition) is 7. The first-order valence-corrected chi connectivity index (χ1v) is 20.3. The second-order valence-electron chi connectivity index (χ2n) is 15.1. The number of ether oxygens (including phenoxy) is 1. The van der Waals surface area contributed by atoms with Crippen molar-refractivity contribution >= 4 is 44.2 Å². The van der Waals surface area contributed by atoms with Crippen LogP contribution in [0, 0.1) is 35.4 Å². The molecule has 0 fully saturated rings. The molecule has 1 N–H and O–H groups in total. The fourth-order valence-corrected chi connectivity index (χ4v) is 10.5. The Morgan fingerprint density at radius 2 is 1.89 bits per heavy atom. The lowest BCUT2D eigenvalue weighted by molar-refractivity contribution is -0.144. The number of benzene rings is 3. The van der Waals surface area contributed by atoms with Crippen molar-refractivity contribution in [1.82, 2.24) is 19.7 Å². The van der Waals surface area contributed by atoms with Crippen LogP contribution in [-0.2, 0) is 44.7 Å². The molecule has 0 spiro atoms. The van der Waals surface area contributed by atoms with Gasteiger partial charge in [-0.15, -0.1) is 0 Å². The summed E-state index contributed by atoms with van der Waals surface area (Å²) in [5.41, 5.74) is 0.413. The highest BCUT2D eigenvalue weighted by Crippen LogP contribution is 2.44. The van der Waals surface area contributed by atoms with Crippen molar-refractivity contribution in [3.63, 3.8) is 0 Å². The minimum atomic E-state index is -3.74. The number of H-pyrrole nitrogens is 1. The van der Waals surface area contributed by atoms with Crippen LogP contribution in [0.5, 0.6) is 0 Å².